The Morgan fingerprint density at radius 3 is 2.70 bits per heavy atom. The van der Waals surface area contributed by atoms with Crippen LogP contribution >= 0.6 is 0 Å². The van der Waals surface area contributed by atoms with E-state index in [2.05, 4.69) is 38.6 Å². The zero-order chi connectivity index (χ0) is 18.6. The Balaban J connectivity index is 1.42. The number of aromatic amines is 1. The van der Waals surface area contributed by atoms with Gasteiger partial charge in [0.1, 0.15) is 0 Å². The van der Waals surface area contributed by atoms with Crippen LogP contribution in [0.4, 0.5) is 5.82 Å². The number of benzene rings is 2. The van der Waals surface area contributed by atoms with Crippen molar-refractivity contribution in [3.8, 4) is 11.3 Å². The van der Waals surface area contributed by atoms with Gasteiger partial charge in [-0.2, -0.15) is 5.10 Å². The third-order valence-electron chi connectivity index (χ3n) is 5.04. The summed E-state index contributed by atoms with van der Waals surface area (Å²) in [7, 11) is 0. The van der Waals surface area contributed by atoms with Gasteiger partial charge in [0.05, 0.1) is 5.69 Å². The molecule has 1 aromatic heterocycles. The van der Waals surface area contributed by atoms with E-state index in [9.17, 15) is 4.79 Å². The first-order chi connectivity index (χ1) is 13.2. The normalized spacial score (nSPS) is 16.9. The highest BCUT2D eigenvalue weighted by Gasteiger charge is 2.23. The molecule has 138 valence electrons. The number of hydrogen-bond donors (Lipinski definition) is 2. The molecular weight excluding hydrogens is 336 g/mol. The third kappa shape index (κ3) is 4.03. The molecule has 0 spiro atoms. The van der Waals surface area contributed by atoms with Crippen molar-refractivity contribution in [3.05, 3.63) is 71.8 Å². The van der Waals surface area contributed by atoms with Gasteiger partial charge in [-0.15, -0.1) is 0 Å². The highest BCUT2D eigenvalue weighted by Crippen LogP contribution is 2.24. The molecule has 1 saturated heterocycles. The molecule has 1 atom stereocenters. The van der Waals surface area contributed by atoms with E-state index in [0.717, 1.165) is 48.6 Å². The van der Waals surface area contributed by atoms with Crippen LogP contribution in [0.5, 0.6) is 0 Å². The summed E-state index contributed by atoms with van der Waals surface area (Å²) in [6.07, 6.45) is 2.02. The Kier molecular flexibility index (Phi) is 4.92. The van der Waals surface area contributed by atoms with Crippen LogP contribution in [0.15, 0.2) is 60.7 Å². The van der Waals surface area contributed by atoms with E-state index in [-0.39, 0.29) is 11.9 Å². The lowest BCUT2D eigenvalue weighted by Gasteiger charge is -2.33. The Morgan fingerprint density at radius 2 is 1.93 bits per heavy atom. The molecule has 0 bridgehead atoms. The standard InChI is InChI=1S/C22H24N4O/c1-16-9-11-18(12-10-16)22(27)23-19-8-5-13-26(15-19)21-14-20(24-25-21)17-6-3-2-4-7-17/h2-4,6-7,9-12,14,19H,5,8,13,15H2,1H3,(H,23,27)(H,24,25)/t19-/m1/s1. The van der Waals surface area contributed by atoms with E-state index in [4.69, 9.17) is 0 Å². The van der Waals surface area contributed by atoms with Crippen LogP contribution in [-0.2, 0) is 0 Å². The first-order valence-corrected chi connectivity index (χ1v) is 9.42. The molecular formula is C22H24N4O. The van der Waals surface area contributed by atoms with Crippen LogP contribution < -0.4 is 10.2 Å². The van der Waals surface area contributed by atoms with E-state index in [1.54, 1.807) is 0 Å². The zero-order valence-corrected chi connectivity index (χ0v) is 15.5. The maximum absolute atomic E-state index is 12.5. The molecule has 2 heterocycles. The van der Waals surface area contributed by atoms with Crippen molar-refractivity contribution in [2.24, 2.45) is 0 Å². The molecule has 5 nitrogen and oxygen atoms in total. The quantitative estimate of drug-likeness (QED) is 0.744. The highest BCUT2D eigenvalue weighted by molar-refractivity contribution is 5.94. The van der Waals surface area contributed by atoms with Crippen molar-refractivity contribution >= 4 is 11.7 Å². The van der Waals surface area contributed by atoms with E-state index < -0.39 is 0 Å². The van der Waals surface area contributed by atoms with Gasteiger partial charge in [0.2, 0.25) is 0 Å². The average Bonchev–Trinajstić information content (AvgIpc) is 3.20. The minimum atomic E-state index is -0.00569. The lowest BCUT2D eigenvalue weighted by molar-refractivity contribution is 0.0933. The third-order valence-corrected chi connectivity index (χ3v) is 5.04. The number of carbonyl (C=O) groups is 1. The topological polar surface area (TPSA) is 61.0 Å². The molecule has 0 aliphatic carbocycles. The smallest absolute Gasteiger partial charge is 0.251 e. The molecule has 3 aromatic rings. The van der Waals surface area contributed by atoms with Gasteiger partial charge < -0.3 is 10.2 Å². The number of rotatable bonds is 4. The van der Waals surface area contributed by atoms with Crippen molar-refractivity contribution in [1.29, 1.82) is 0 Å². The molecule has 0 unspecified atom stereocenters. The summed E-state index contributed by atoms with van der Waals surface area (Å²) < 4.78 is 0. The molecule has 1 aliphatic rings. The summed E-state index contributed by atoms with van der Waals surface area (Å²) in [5.41, 5.74) is 4.00. The minimum absolute atomic E-state index is 0.00569. The lowest BCUT2D eigenvalue weighted by Crippen LogP contribution is -2.48. The van der Waals surface area contributed by atoms with Crippen molar-refractivity contribution in [1.82, 2.24) is 15.5 Å². The number of anilines is 1. The minimum Gasteiger partial charge on any atom is -0.353 e. The first kappa shape index (κ1) is 17.3. The number of carbonyl (C=O) groups excluding carboxylic acids is 1. The Bertz CT molecular complexity index is 902. The molecule has 0 radical (unpaired) electrons. The monoisotopic (exact) mass is 360 g/mol. The van der Waals surface area contributed by atoms with Crippen LogP contribution in [0.3, 0.4) is 0 Å². The summed E-state index contributed by atoms with van der Waals surface area (Å²) in [5, 5.41) is 10.8. The SMILES string of the molecule is Cc1ccc(C(=O)N[C@@H]2CCCN(c3cc(-c4ccccc4)[nH]n3)C2)cc1. The summed E-state index contributed by atoms with van der Waals surface area (Å²) in [6.45, 7) is 3.75. The molecule has 1 aliphatic heterocycles. The second kappa shape index (κ2) is 7.66. The van der Waals surface area contributed by atoms with Gasteiger partial charge >= 0.3 is 0 Å². The maximum atomic E-state index is 12.5. The first-order valence-electron chi connectivity index (χ1n) is 9.42. The van der Waals surface area contributed by atoms with Crippen LogP contribution in [0.25, 0.3) is 11.3 Å². The van der Waals surface area contributed by atoms with Crippen LogP contribution in [0.2, 0.25) is 0 Å². The fraction of sp³-hybridized carbons (Fsp3) is 0.273. The number of piperidine rings is 1. The van der Waals surface area contributed by atoms with E-state index >= 15 is 0 Å². The van der Waals surface area contributed by atoms with Crippen molar-refractivity contribution in [2.75, 3.05) is 18.0 Å². The Labute approximate surface area is 159 Å². The van der Waals surface area contributed by atoms with Gasteiger partial charge in [-0.05, 0) is 37.5 Å². The zero-order valence-electron chi connectivity index (χ0n) is 15.5. The molecule has 27 heavy (non-hydrogen) atoms. The van der Waals surface area contributed by atoms with Crippen LogP contribution in [0, 0.1) is 6.92 Å². The van der Waals surface area contributed by atoms with E-state index in [1.165, 1.54) is 0 Å². The van der Waals surface area contributed by atoms with E-state index in [1.807, 2.05) is 49.4 Å². The molecule has 2 aromatic carbocycles. The Hall–Kier alpha value is -3.08. The molecule has 4 rings (SSSR count). The van der Waals surface area contributed by atoms with Crippen LogP contribution in [-0.4, -0.2) is 35.2 Å². The number of hydrogen-bond acceptors (Lipinski definition) is 3. The summed E-state index contributed by atoms with van der Waals surface area (Å²) >= 11 is 0. The molecule has 5 heteroatoms. The van der Waals surface area contributed by atoms with Crippen molar-refractivity contribution < 1.29 is 4.79 Å². The largest absolute Gasteiger partial charge is 0.353 e. The fourth-order valence-corrected chi connectivity index (χ4v) is 3.52. The maximum Gasteiger partial charge on any atom is 0.251 e. The average molecular weight is 360 g/mol. The number of nitrogens with zero attached hydrogens (tertiary/aromatic N) is 2. The van der Waals surface area contributed by atoms with Crippen molar-refractivity contribution in [2.45, 2.75) is 25.8 Å². The van der Waals surface area contributed by atoms with Gasteiger partial charge in [-0.25, -0.2) is 0 Å². The predicted molar refractivity (Wildman–Crippen MR) is 108 cm³/mol. The van der Waals surface area contributed by atoms with Gasteiger partial charge in [0.15, 0.2) is 5.82 Å². The second-order valence-corrected chi connectivity index (χ2v) is 7.13. The van der Waals surface area contributed by atoms with Gasteiger partial charge in [-0.3, -0.25) is 9.89 Å². The second-order valence-electron chi connectivity index (χ2n) is 7.13. The molecule has 1 fully saturated rings. The fourth-order valence-electron chi connectivity index (χ4n) is 3.52. The molecule has 0 saturated carbocycles. The number of H-pyrrole nitrogens is 1. The Morgan fingerprint density at radius 1 is 1.15 bits per heavy atom. The van der Waals surface area contributed by atoms with Gasteiger partial charge in [0, 0.05) is 30.8 Å². The summed E-state index contributed by atoms with van der Waals surface area (Å²) in [5.74, 6) is 0.928. The number of aromatic nitrogens is 2. The van der Waals surface area contributed by atoms with Crippen molar-refractivity contribution in [3.63, 3.8) is 0 Å². The van der Waals surface area contributed by atoms with E-state index in [0.29, 0.717) is 5.56 Å². The number of amides is 1. The highest BCUT2D eigenvalue weighted by atomic mass is 16.1. The van der Waals surface area contributed by atoms with Crippen LogP contribution in [0.1, 0.15) is 28.8 Å². The summed E-state index contributed by atoms with van der Waals surface area (Å²) in [4.78, 5) is 14.7. The lowest BCUT2D eigenvalue weighted by atomic mass is 10.0. The van der Waals surface area contributed by atoms with Gasteiger partial charge in [0.25, 0.3) is 5.91 Å². The molecule has 2 N–H and O–H groups in total. The molecule has 1 amide bonds. The number of nitrogens with one attached hydrogen (secondary N) is 2. The number of aryl methyl sites for hydroxylation is 1. The van der Waals surface area contributed by atoms with Gasteiger partial charge in [-0.1, -0.05) is 48.0 Å². The summed E-state index contributed by atoms with van der Waals surface area (Å²) in [6, 6.07) is 20.1. The predicted octanol–water partition coefficient (Wildman–Crippen LogP) is 3.78.